The molecular formula is C14H12FN5O. The summed E-state index contributed by atoms with van der Waals surface area (Å²) in [6.07, 6.45) is 1.61. The zero-order valence-electron chi connectivity index (χ0n) is 11.2. The molecule has 2 aromatic heterocycles. The third kappa shape index (κ3) is 3.33. The van der Waals surface area contributed by atoms with E-state index in [4.69, 9.17) is 4.52 Å². The predicted octanol–water partition coefficient (Wildman–Crippen LogP) is 3.40. The second kappa shape index (κ2) is 5.58. The monoisotopic (exact) mass is 285 g/mol. The Morgan fingerprint density at radius 1 is 1.05 bits per heavy atom. The highest BCUT2D eigenvalue weighted by Crippen LogP contribution is 2.17. The Hall–Kier alpha value is -2.96. The van der Waals surface area contributed by atoms with E-state index in [0.717, 1.165) is 0 Å². The van der Waals surface area contributed by atoms with Crippen LogP contribution in [0.1, 0.15) is 5.76 Å². The molecular weight excluding hydrogens is 273 g/mol. The summed E-state index contributed by atoms with van der Waals surface area (Å²) in [7, 11) is 0. The Labute approximate surface area is 120 Å². The van der Waals surface area contributed by atoms with Gasteiger partial charge in [-0.2, -0.15) is 4.98 Å². The highest BCUT2D eigenvalue weighted by Gasteiger charge is 2.04. The molecule has 6 nitrogen and oxygen atoms in total. The Balaban J connectivity index is 1.75. The van der Waals surface area contributed by atoms with Gasteiger partial charge in [0, 0.05) is 18.0 Å². The van der Waals surface area contributed by atoms with Crippen molar-refractivity contribution in [2.24, 2.45) is 0 Å². The molecule has 0 aliphatic rings. The van der Waals surface area contributed by atoms with Crippen LogP contribution < -0.4 is 10.6 Å². The zero-order valence-corrected chi connectivity index (χ0v) is 11.2. The van der Waals surface area contributed by atoms with E-state index in [1.807, 2.05) is 0 Å². The molecule has 0 saturated carbocycles. The molecule has 0 bridgehead atoms. The first-order valence-electron chi connectivity index (χ1n) is 6.25. The molecule has 2 N–H and O–H groups in total. The van der Waals surface area contributed by atoms with Crippen molar-refractivity contribution in [2.45, 2.75) is 6.92 Å². The summed E-state index contributed by atoms with van der Waals surface area (Å²) in [6.45, 7) is 1.81. The van der Waals surface area contributed by atoms with Gasteiger partial charge in [-0.3, -0.25) is 0 Å². The Morgan fingerprint density at radius 2 is 1.86 bits per heavy atom. The summed E-state index contributed by atoms with van der Waals surface area (Å²) in [6, 6.07) is 9.42. The van der Waals surface area contributed by atoms with Crippen LogP contribution in [0.25, 0.3) is 0 Å². The summed E-state index contributed by atoms with van der Waals surface area (Å²) in [4.78, 5) is 8.39. The van der Waals surface area contributed by atoms with Crippen LogP contribution in [0, 0.1) is 12.7 Å². The molecule has 3 aromatic rings. The number of hydrogen-bond donors (Lipinski definition) is 2. The van der Waals surface area contributed by atoms with E-state index in [1.54, 1.807) is 37.4 Å². The van der Waals surface area contributed by atoms with E-state index < -0.39 is 0 Å². The molecule has 3 rings (SSSR count). The highest BCUT2D eigenvalue weighted by molar-refractivity contribution is 5.57. The van der Waals surface area contributed by atoms with Gasteiger partial charge in [-0.1, -0.05) is 5.16 Å². The van der Waals surface area contributed by atoms with Crippen molar-refractivity contribution in [1.82, 2.24) is 15.1 Å². The van der Waals surface area contributed by atoms with Gasteiger partial charge in [0.25, 0.3) is 0 Å². The first-order chi connectivity index (χ1) is 10.2. The maximum absolute atomic E-state index is 12.8. The van der Waals surface area contributed by atoms with Crippen LogP contribution in [0.3, 0.4) is 0 Å². The van der Waals surface area contributed by atoms with Crippen LogP contribution in [-0.2, 0) is 0 Å². The summed E-state index contributed by atoms with van der Waals surface area (Å²) in [5.74, 6) is 1.95. The number of halogens is 1. The second-order valence-electron chi connectivity index (χ2n) is 4.35. The molecule has 0 spiro atoms. The minimum absolute atomic E-state index is 0.293. The van der Waals surface area contributed by atoms with Crippen LogP contribution in [0.15, 0.2) is 47.1 Å². The fraction of sp³-hybridized carbons (Fsp3) is 0.0714. The molecule has 1 aromatic carbocycles. The molecule has 0 saturated heterocycles. The Bertz CT molecular complexity index is 741. The zero-order chi connectivity index (χ0) is 14.7. The molecule has 0 aliphatic heterocycles. The first-order valence-corrected chi connectivity index (χ1v) is 6.25. The Kier molecular flexibility index (Phi) is 3.46. The molecule has 0 aliphatic carbocycles. The van der Waals surface area contributed by atoms with Crippen molar-refractivity contribution < 1.29 is 8.91 Å². The molecule has 0 amide bonds. The predicted molar refractivity (Wildman–Crippen MR) is 76.2 cm³/mol. The molecule has 0 fully saturated rings. The van der Waals surface area contributed by atoms with E-state index in [2.05, 4.69) is 25.8 Å². The van der Waals surface area contributed by atoms with Gasteiger partial charge in [-0.15, -0.1) is 0 Å². The van der Waals surface area contributed by atoms with E-state index in [9.17, 15) is 4.39 Å². The largest absolute Gasteiger partial charge is 0.360 e. The molecule has 7 heteroatoms. The number of benzene rings is 1. The van der Waals surface area contributed by atoms with Crippen molar-refractivity contribution in [1.29, 1.82) is 0 Å². The van der Waals surface area contributed by atoms with Crippen LogP contribution in [0.2, 0.25) is 0 Å². The maximum Gasteiger partial charge on any atom is 0.229 e. The van der Waals surface area contributed by atoms with Crippen molar-refractivity contribution >= 4 is 23.3 Å². The maximum atomic E-state index is 12.8. The van der Waals surface area contributed by atoms with E-state index in [1.165, 1.54) is 12.1 Å². The van der Waals surface area contributed by atoms with Crippen molar-refractivity contribution in [2.75, 3.05) is 10.6 Å². The lowest BCUT2D eigenvalue weighted by atomic mass is 10.3. The number of aromatic nitrogens is 3. The number of aryl methyl sites for hydroxylation is 1. The second-order valence-corrected chi connectivity index (χ2v) is 4.35. The normalized spacial score (nSPS) is 10.4. The van der Waals surface area contributed by atoms with E-state index in [-0.39, 0.29) is 5.82 Å². The summed E-state index contributed by atoms with van der Waals surface area (Å²) < 4.78 is 17.8. The first kappa shape index (κ1) is 13.0. The quantitative estimate of drug-likeness (QED) is 0.765. The standard InChI is InChI=1S/C14H12FN5O/c1-9-8-13(20-21-9)18-12-6-7-16-14(19-12)17-11-4-2-10(15)3-5-11/h2-8H,1H3,(H2,16,17,18,19,20). The summed E-state index contributed by atoms with van der Waals surface area (Å²) in [5.41, 5.74) is 0.700. The van der Waals surface area contributed by atoms with Gasteiger partial charge < -0.3 is 15.2 Å². The van der Waals surface area contributed by atoms with E-state index in [0.29, 0.717) is 29.0 Å². The highest BCUT2D eigenvalue weighted by atomic mass is 19.1. The SMILES string of the molecule is Cc1cc(Nc2ccnc(Nc3ccc(F)cc3)n2)no1. The van der Waals surface area contributed by atoms with Gasteiger partial charge in [-0.05, 0) is 37.3 Å². The summed E-state index contributed by atoms with van der Waals surface area (Å²) in [5, 5.41) is 9.82. The van der Waals surface area contributed by atoms with Crippen LogP contribution in [0.5, 0.6) is 0 Å². The fourth-order valence-corrected chi connectivity index (χ4v) is 1.71. The average Bonchev–Trinajstić information content (AvgIpc) is 2.87. The number of anilines is 4. The lowest BCUT2D eigenvalue weighted by molar-refractivity contribution is 0.400. The van der Waals surface area contributed by atoms with Crippen molar-refractivity contribution in [3.8, 4) is 0 Å². The number of hydrogen-bond acceptors (Lipinski definition) is 6. The van der Waals surface area contributed by atoms with Crippen molar-refractivity contribution in [3.63, 3.8) is 0 Å². The van der Waals surface area contributed by atoms with Crippen LogP contribution >= 0.6 is 0 Å². The van der Waals surface area contributed by atoms with Gasteiger partial charge in [0.1, 0.15) is 17.4 Å². The van der Waals surface area contributed by atoms with E-state index >= 15 is 0 Å². The van der Waals surface area contributed by atoms with Gasteiger partial charge in [0.15, 0.2) is 5.82 Å². The minimum Gasteiger partial charge on any atom is -0.360 e. The number of nitrogens with zero attached hydrogens (tertiary/aromatic N) is 3. The van der Waals surface area contributed by atoms with Gasteiger partial charge in [0.05, 0.1) is 0 Å². The molecule has 2 heterocycles. The van der Waals surface area contributed by atoms with Crippen LogP contribution in [-0.4, -0.2) is 15.1 Å². The smallest absolute Gasteiger partial charge is 0.229 e. The molecule has 0 radical (unpaired) electrons. The lowest BCUT2D eigenvalue weighted by Gasteiger charge is -2.06. The topological polar surface area (TPSA) is 75.9 Å². The van der Waals surface area contributed by atoms with Crippen molar-refractivity contribution in [3.05, 3.63) is 54.2 Å². The number of nitrogens with one attached hydrogen (secondary N) is 2. The van der Waals surface area contributed by atoms with Gasteiger partial charge in [0.2, 0.25) is 5.95 Å². The molecule has 21 heavy (non-hydrogen) atoms. The third-order valence-electron chi connectivity index (χ3n) is 2.64. The molecule has 0 atom stereocenters. The lowest BCUT2D eigenvalue weighted by Crippen LogP contribution is -2.00. The van der Waals surface area contributed by atoms with Gasteiger partial charge >= 0.3 is 0 Å². The van der Waals surface area contributed by atoms with Crippen LogP contribution in [0.4, 0.5) is 27.7 Å². The Morgan fingerprint density at radius 3 is 2.57 bits per heavy atom. The third-order valence-corrected chi connectivity index (χ3v) is 2.64. The van der Waals surface area contributed by atoms with Gasteiger partial charge in [-0.25, -0.2) is 9.37 Å². The number of rotatable bonds is 4. The fourth-order valence-electron chi connectivity index (χ4n) is 1.71. The molecule has 106 valence electrons. The average molecular weight is 285 g/mol. The molecule has 0 unspecified atom stereocenters. The summed E-state index contributed by atoms with van der Waals surface area (Å²) >= 11 is 0. The minimum atomic E-state index is -0.293.